The Morgan fingerprint density at radius 2 is 1.71 bits per heavy atom. The number of benzene rings is 2. The van der Waals surface area contributed by atoms with Crippen LogP contribution in [0.5, 0.6) is 11.5 Å². The molecule has 2 rings (SSSR count). The lowest BCUT2D eigenvalue weighted by Gasteiger charge is -2.16. The molecule has 0 saturated carbocycles. The maximum Gasteiger partial charge on any atom is 0.173 e. The fourth-order valence-electron chi connectivity index (χ4n) is 2.22. The van der Waals surface area contributed by atoms with E-state index in [9.17, 15) is 4.79 Å². The van der Waals surface area contributed by atoms with Gasteiger partial charge in [0.1, 0.15) is 16.0 Å². The first-order chi connectivity index (χ1) is 10.1. The van der Waals surface area contributed by atoms with Gasteiger partial charge in [0.15, 0.2) is 5.78 Å². The van der Waals surface area contributed by atoms with Crippen LogP contribution < -0.4 is 9.47 Å². The highest BCUT2D eigenvalue weighted by Gasteiger charge is 2.23. The van der Waals surface area contributed by atoms with Gasteiger partial charge in [-0.25, -0.2) is 0 Å². The van der Waals surface area contributed by atoms with Crippen molar-refractivity contribution in [3.8, 4) is 11.5 Å². The average molecular weight is 349 g/mol. The van der Waals surface area contributed by atoms with Crippen LogP contribution in [0, 0.1) is 0 Å². The van der Waals surface area contributed by atoms with Crippen LogP contribution in [0.15, 0.2) is 46.9 Å². The number of ether oxygens (including phenoxy) is 2. The number of Topliss-reactive ketones (excluding diaryl/α,β-unsaturated/α-hetero) is 1. The summed E-state index contributed by atoms with van der Waals surface area (Å²) in [6, 6.07) is 13.2. The third-order valence-electron chi connectivity index (χ3n) is 3.44. The van der Waals surface area contributed by atoms with Gasteiger partial charge in [-0.05, 0) is 33.6 Å². The smallest absolute Gasteiger partial charge is 0.173 e. The molecule has 0 spiro atoms. The molecule has 0 heterocycles. The molecule has 1 atom stereocenters. The molecule has 0 aromatic heterocycles. The van der Waals surface area contributed by atoms with Crippen molar-refractivity contribution in [2.45, 2.75) is 12.8 Å². The van der Waals surface area contributed by atoms with Gasteiger partial charge in [0, 0.05) is 5.92 Å². The molecule has 0 radical (unpaired) electrons. The maximum atomic E-state index is 12.7. The molecule has 2 aromatic carbocycles. The Hall–Kier alpha value is -1.81. The summed E-state index contributed by atoms with van der Waals surface area (Å²) in [6.45, 7) is 1.90. The van der Waals surface area contributed by atoms with Crippen molar-refractivity contribution in [1.29, 1.82) is 0 Å². The number of halogens is 1. The Balaban J connectivity index is 2.42. The first-order valence-electron chi connectivity index (χ1n) is 6.59. The standard InChI is InChI=1S/C17H17BrO3/c1-11(12-7-5-4-6-8-12)16(19)13-9-10-14(20-2)15(18)17(13)21-3/h4-11H,1-3H3. The molecule has 0 N–H and O–H groups in total. The molecule has 1 unspecified atom stereocenters. The number of rotatable bonds is 5. The highest BCUT2D eigenvalue weighted by molar-refractivity contribution is 9.10. The molecular weight excluding hydrogens is 332 g/mol. The summed E-state index contributed by atoms with van der Waals surface area (Å²) in [4.78, 5) is 12.7. The highest BCUT2D eigenvalue weighted by atomic mass is 79.9. The maximum absolute atomic E-state index is 12.7. The molecule has 0 bridgehead atoms. The number of methoxy groups -OCH3 is 2. The van der Waals surface area contributed by atoms with Crippen LogP contribution in [0.1, 0.15) is 28.8 Å². The van der Waals surface area contributed by atoms with Gasteiger partial charge in [-0.3, -0.25) is 4.79 Å². The number of hydrogen-bond acceptors (Lipinski definition) is 3. The lowest BCUT2D eigenvalue weighted by molar-refractivity contribution is 0.0963. The lowest BCUT2D eigenvalue weighted by atomic mass is 9.92. The molecule has 21 heavy (non-hydrogen) atoms. The van der Waals surface area contributed by atoms with E-state index in [1.807, 2.05) is 37.3 Å². The van der Waals surface area contributed by atoms with Crippen LogP contribution in [0.4, 0.5) is 0 Å². The first-order valence-corrected chi connectivity index (χ1v) is 7.39. The van der Waals surface area contributed by atoms with Crippen LogP contribution in [-0.4, -0.2) is 20.0 Å². The van der Waals surface area contributed by atoms with E-state index in [4.69, 9.17) is 9.47 Å². The molecule has 0 fully saturated rings. The summed E-state index contributed by atoms with van der Waals surface area (Å²) in [5.74, 6) is 0.916. The van der Waals surface area contributed by atoms with E-state index in [0.29, 0.717) is 21.5 Å². The van der Waals surface area contributed by atoms with Gasteiger partial charge in [0.05, 0.1) is 19.8 Å². The van der Waals surface area contributed by atoms with Gasteiger partial charge in [-0.2, -0.15) is 0 Å². The highest BCUT2D eigenvalue weighted by Crippen LogP contribution is 2.38. The molecule has 3 nitrogen and oxygen atoms in total. The fraction of sp³-hybridized carbons (Fsp3) is 0.235. The summed E-state index contributed by atoms with van der Waals surface area (Å²) in [5.41, 5.74) is 1.53. The molecule has 0 saturated heterocycles. The minimum Gasteiger partial charge on any atom is -0.495 e. The van der Waals surface area contributed by atoms with Crippen molar-refractivity contribution >= 4 is 21.7 Å². The van der Waals surface area contributed by atoms with Gasteiger partial charge in [-0.15, -0.1) is 0 Å². The second-order valence-corrected chi connectivity index (χ2v) is 5.45. The number of carbonyl (C=O) groups excluding carboxylic acids is 1. The van der Waals surface area contributed by atoms with Crippen LogP contribution >= 0.6 is 15.9 Å². The minimum atomic E-state index is -0.236. The van der Waals surface area contributed by atoms with E-state index in [1.54, 1.807) is 26.4 Å². The van der Waals surface area contributed by atoms with E-state index in [2.05, 4.69) is 15.9 Å². The van der Waals surface area contributed by atoms with Crippen LogP contribution in [0.25, 0.3) is 0 Å². The number of carbonyl (C=O) groups is 1. The normalized spacial score (nSPS) is 11.8. The molecule has 0 aliphatic heterocycles. The lowest BCUT2D eigenvalue weighted by Crippen LogP contribution is -2.11. The molecule has 0 aliphatic carbocycles. The summed E-state index contributed by atoms with van der Waals surface area (Å²) in [6.07, 6.45) is 0. The van der Waals surface area contributed by atoms with E-state index in [-0.39, 0.29) is 11.7 Å². The average Bonchev–Trinajstić information content (AvgIpc) is 2.54. The third-order valence-corrected chi connectivity index (χ3v) is 4.19. The quantitative estimate of drug-likeness (QED) is 0.748. The Kier molecular flexibility index (Phi) is 5.02. The largest absolute Gasteiger partial charge is 0.495 e. The predicted molar refractivity (Wildman–Crippen MR) is 86.4 cm³/mol. The fourth-order valence-corrected chi connectivity index (χ4v) is 2.89. The van der Waals surface area contributed by atoms with Gasteiger partial charge in [-0.1, -0.05) is 37.3 Å². The number of ketones is 1. The van der Waals surface area contributed by atoms with E-state index in [0.717, 1.165) is 5.56 Å². The Morgan fingerprint density at radius 3 is 2.29 bits per heavy atom. The molecular formula is C17H17BrO3. The summed E-state index contributed by atoms with van der Waals surface area (Å²) in [5, 5.41) is 0. The second kappa shape index (κ2) is 6.76. The van der Waals surface area contributed by atoms with Crippen molar-refractivity contribution in [3.63, 3.8) is 0 Å². The SMILES string of the molecule is COc1ccc(C(=O)C(C)c2ccccc2)c(OC)c1Br. The monoisotopic (exact) mass is 348 g/mol. The van der Waals surface area contributed by atoms with Crippen LogP contribution in [-0.2, 0) is 0 Å². The Labute approximate surface area is 133 Å². The van der Waals surface area contributed by atoms with Crippen molar-refractivity contribution in [3.05, 3.63) is 58.1 Å². The van der Waals surface area contributed by atoms with E-state index in [1.165, 1.54) is 0 Å². The zero-order valence-corrected chi connectivity index (χ0v) is 13.8. The second-order valence-electron chi connectivity index (χ2n) is 4.66. The first kappa shape index (κ1) is 15.6. The molecule has 0 amide bonds. The van der Waals surface area contributed by atoms with E-state index < -0.39 is 0 Å². The van der Waals surface area contributed by atoms with E-state index >= 15 is 0 Å². The van der Waals surface area contributed by atoms with Crippen molar-refractivity contribution in [2.75, 3.05) is 14.2 Å². The third kappa shape index (κ3) is 3.10. The van der Waals surface area contributed by atoms with Gasteiger partial charge >= 0.3 is 0 Å². The van der Waals surface area contributed by atoms with Crippen LogP contribution in [0.2, 0.25) is 0 Å². The van der Waals surface area contributed by atoms with Gasteiger partial charge in [0.25, 0.3) is 0 Å². The molecule has 2 aromatic rings. The topological polar surface area (TPSA) is 35.5 Å². The number of hydrogen-bond donors (Lipinski definition) is 0. The Morgan fingerprint density at radius 1 is 1.05 bits per heavy atom. The predicted octanol–water partition coefficient (Wildman–Crippen LogP) is 4.45. The van der Waals surface area contributed by atoms with Crippen LogP contribution in [0.3, 0.4) is 0 Å². The van der Waals surface area contributed by atoms with Crippen molar-refractivity contribution in [1.82, 2.24) is 0 Å². The van der Waals surface area contributed by atoms with Gasteiger partial charge in [0.2, 0.25) is 0 Å². The molecule has 0 aliphatic rings. The van der Waals surface area contributed by atoms with Crippen molar-refractivity contribution < 1.29 is 14.3 Å². The minimum absolute atomic E-state index is 0.0152. The van der Waals surface area contributed by atoms with Crippen molar-refractivity contribution in [2.24, 2.45) is 0 Å². The summed E-state index contributed by atoms with van der Waals surface area (Å²) >= 11 is 3.42. The zero-order valence-electron chi connectivity index (χ0n) is 12.2. The summed E-state index contributed by atoms with van der Waals surface area (Å²) < 4.78 is 11.3. The Bertz CT molecular complexity index is 638. The molecule has 4 heteroatoms. The molecule has 110 valence electrons. The summed E-state index contributed by atoms with van der Waals surface area (Å²) in [7, 11) is 3.12. The zero-order chi connectivity index (χ0) is 15.4. The van der Waals surface area contributed by atoms with Gasteiger partial charge < -0.3 is 9.47 Å².